The Morgan fingerprint density at radius 2 is 0.559 bits per heavy atom. The van der Waals surface area contributed by atoms with Crippen molar-refractivity contribution in [2.45, 2.75) is 0 Å². The van der Waals surface area contributed by atoms with Gasteiger partial charge in [-0.3, -0.25) is 0 Å². The van der Waals surface area contributed by atoms with Crippen LogP contribution in [0.15, 0.2) is 249 Å². The maximum Gasteiger partial charge on any atom is 0.0468 e. The van der Waals surface area contributed by atoms with Gasteiger partial charge in [-0.2, -0.15) is 0 Å². The number of anilines is 3. The van der Waals surface area contributed by atoms with E-state index in [4.69, 9.17) is 0 Å². The van der Waals surface area contributed by atoms with Gasteiger partial charge in [0.05, 0.1) is 0 Å². The van der Waals surface area contributed by atoms with Gasteiger partial charge in [-0.05, 0) is 120 Å². The van der Waals surface area contributed by atoms with Crippen molar-refractivity contribution in [3.8, 4) is 66.8 Å². The first-order valence-electron chi connectivity index (χ1n) is 20.3. The number of nitrogens with zero attached hydrogens (tertiary/aromatic N) is 1. The summed E-state index contributed by atoms with van der Waals surface area (Å²) in [5.41, 5.74) is 17.7. The minimum Gasteiger partial charge on any atom is -0.310 e. The Labute approximate surface area is 346 Å². The molecule has 1 nitrogen and oxygen atoms in total. The molecule has 278 valence electrons. The molecule has 0 atom stereocenters. The van der Waals surface area contributed by atoms with Crippen molar-refractivity contribution in [2.24, 2.45) is 0 Å². The first-order valence-corrected chi connectivity index (χ1v) is 20.3. The molecular formula is C58H41N. The molecule has 0 saturated heterocycles. The fourth-order valence-electron chi connectivity index (χ4n) is 8.36. The molecule has 0 aliphatic rings. The van der Waals surface area contributed by atoms with Crippen molar-refractivity contribution < 1.29 is 0 Å². The van der Waals surface area contributed by atoms with Crippen LogP contribution in [0.5, 0.6) is 0 Å². The number of hydrogen-bond donors (Lipinski definition) is 0. The Balaban J connectivity index is 1.08. The van der Waals surface area contributed by atoms with Gasteiger partial charge in [-0.25, -0.2) is 0 Å². The number of hydrogen-bond acceptors (Lipinski definition) is 1. The van der Waals surface area contributed by atoms with E-state index < -0.39 is 0 Å². The summed E-state index contributed by atoms with van der Waals surface area (Å²) in [5, 5.41) is 2.49. The second kappa shape index (κ2) is 16.0. The Morgan fingerprint density at radius 3 is 1.10 bits per heavy atom. The van der Waals surface area contributed by atoms with Crippen LogP contribution in [-0.4, -0.2) is 0 Å². The van der Waals surface area contributed by atoms with Gasteiger partial charge in [0.1, 0.15) is 0 Å². The fourth-order valence-corrected chi connectivity index (χ4v) is 8.36. The van der Waals surface area contributed by atoms with E-state index in [0.717, 1.165) is 17.1 Å². The van der Waals surface area contributed by atoms with E-state index >= 15 is 0 Å². The summed E-state index contributed by atoms with van der Waals surface area (Å²) in [6.07, 6.45) is 0. The van der Waals surface area contributed by atoms with Gasteiger partial charge in [0.2, 0.25) is 0 Å². The molecule has 10 aromatic carbocycles. The SMILES string of the molecule is c1ccc(-c2ccc(N(c3ccc(-c4ccc5ccccc5c4)cc3)c3ccc(-c4ccccc4-c4ccccc4-c4ccccc4)cc3)cc2-c2ccccc2)cc1. The Morgan fingerprint density at radius 1 is 0.186 bits per heavy atom. The van der Waals surface area contributed by atoms with E-state index in [9.17, 15) is 0 Å². The average molecular weight is 752 g/mol. The number of fused-ring (bicyclic) bond motifs is 1. The van der Waals surface area contributed by atoms with Crippen LogP contribution in [0, 0.1) is 0 Å². The van der Waals surface area contributed by atoms with Gasteiger partial charge in [-0.15, -0.1) is 0 Å². The molecule has 0 aliphatic heterocycles. The Kier molecular flexibility index (Phi) is 9.68. The van der Waals surface area contributed by atoms with Gasteiger partial charge in [0, 0.05) is 17.1 Å². The molecule has 10 rings (SSSR count). The standard InChI is InChI=1S/C58H41N/c1-4-17-44(18-5-1)53-24-12-14-26-56(53)57-27-15-13-25-54(57)47-32-36-51(37-33-47)59(50-34-30-43(31-35-50)49-29-28-42-16-10-11-23-48(42)40-49)52-38-39-55(45-19-6-2-7-20-45)58(41-52)46-21-8-3-9-22-46/h1-41H. The summed E-state index contributed by atoms with van der Waals surface area (Å²) in [6.45, 7) is 0. The summed E-state index contributed by atoms with van der Waals surface area (Å²) < 4.78 is 0. The molecule has 0 heterocycles. The molecular weight excluding hydrogens is 711 g/mol. The zero-order valence-corrected chi connectivity index (χ0v) is 32.6. The summed E-state index contributed by atoms with van der Waals surface area (Å²) in [7, 11) is 0. The van der Waals surface area contributed by atoms with Crippen LogP contribution < -0.4 is 4.90 Å². The second-order valence-electron chi connectivity index (χ2n) is 14.9. The molecule has 0 unspecified atom stereocenters. The fraction of sp³-hybridized carbons (Fsp3) is 0. The molecule has 0 spiro atoms. The van der Waals surface area contributed by atoms with Crippen LogP contribution in [0.25, 0.3) is 77.5 Å². The number of rotatable bonds is 9. The predicted molar refractivity (Wildman–Crippen MR) is 251 cm³/mol. The molecule has 0 amide bonds. The highest BCUT2D eigenvalue weighted by Gasteiger charge is 2.18. The van der Waals surface area contributed by atoms with Crippen LogP contribution in [0.2, 0.25) is 0 Å². The van der Waals surface area contributed by atoms with Crippen molar-refractivity contribution in [1.82, 2.24) is 0 Å². The van der Waals surface area contributed by atoms with Gasteiger partial charge >= 0.3 is 0 Å². The molecule has 10 aromatic rings. The molecule has 0 bridgehead atoms. The van der Waals surface area contributed by atoms with Crippen molar-refractivity contribution in [1.29, 1.82) is 0 Å². The molecule has 0 N–H and O–H groups in total. The molecule has 59 heavy (non-hydrogen) atoms. The summed E-state index contributed by atoms with van der Waals surface area (Å²) in [4.78, 5) is 2.38. The van der Waals surface area contributed by atoms with Crippen LogP contribution in [0.1, 0.15) is 0 Å². The normalized spacial score (nSPS) is 11.1. The maximum atomic E-state index is 2.38. The van der Waals surface area contributed by atoms with Gasteiger partial charge < -0.3 is 4.90 Å². The van der Waals surface area contributed by atoms with E-state index in [0.29, 0.717) is 0 Å². The predicted octanol–water partition coefficient (Wildman–Crippen LogP) is 16.3. The molecule has 0 aliphatic carbocycles. The lowest BCUT2D eigenvalue weighted by Crippen LogP contribution is -2.10. The maximum absolute atomic E-state index is 2.38. The first-order chi connectivity index (χ1) is 29.3. The topological polar surface area (TPSA) is 3.24 Å². The second-order valence-corrected chi connectivity index (χ2v) is 14.9. The highest BCUT2D eigenvalue weighted by Crippen LogP contribution is 2.43. The lowest BCUT2D eigenvalue weighted by Gasteiger charge is -2.27. The van der Waals surface area contributed by atoms with Gasteiger partial charge in [0.25, 0.3) is 0 Å². The Bertz CT molecular complexity index is 3000. The van der Waals surface area contributed by atoms with Gasteiger partial charge in [0.15, 0.2) is 0 Å². The first kappa shape index (κ1) is 35.7. The molecule has 0 aromatic heterocycles. The third-order valence-corrected chi connectivity index (χ3v) is 11.3. The monoisotopic (exact) mass is 751 g/mol. The molecule has 1 heteroatoms. The zero-order valence-electron chi connectivity index (χ0n) is 32.6. The third-order valence-electron chi connectivity index (χ3n) is 11.3. The molecule has 0 saturated carbocycles. The lowest BCUT2D eigenvalue weighted by molar-refractivity contribution is 1.28. The average Bonchev–Trinajstić information content (AvgIpc) is 3.33. The van der Waals surface area contributed by atoms with Gasteiger partial charge in [-0.1, -0.05) is 206 Å². The van der Waals surface area contributed by atoms with E-state index in [1.807, 2.05) is 0 Å². The quantitative estimate of drug-likeness (QED) is 0.142. The molecule has 0 radical (unpaired) electrons. The van der Waals surface area contributed by atoms with E-state index in [1.54, 1.807) is 0 Å². The lowest BCUT2D eigenvalue weighted by atomic mass is 9.89. The van der Waals surface area contributed by atoms with E-state index in [2.05, 4.69) is 254 Å². The van der Waals surface area contributed by atoms with Crippen molar-refractivity contribution in [2.75, 3.05) is 4.90 Å². The van der Waals surface area contributed by atoms with Crippen LogP contribution >= 0.6 is 0 Å². The van der Waals surface area contributed by atoms with Crippen LogP contribution in [-0.2, 0) is 0 Å². The highest BCUT2D eigenvalue weighted by atomic mass is 15.1. The molecule has 0 fully saturated rings. The number of benzene rings is 10. The smallest absolute Gasteiger partial charge is 0.0468 e. The van der Waals surface area contributed by atoms with Crippen molar-refractivity contribution >= 4 is 27.8 Å². The van der Waals surface area contributed by atoms with E-state index in [-0.39, 0.29) is 0 Å². The minimum absolute atomic E-state index is 1.08. The van der Waals surface area contributed by atoms with Crippen molar-refractivity contribution in [3.05, 3.63) is 249 Å². The third kappa shape index (κ3) is 7.23. The van der Waals surface area contributed by atoms with Crippen LogP contribution in [0.4, 0.5) is 17.1 Å². The van der Waals surface area contributed by atoms with E-state index in [1.165, 1.54) is 77.5 Å². The Hall–Kier alpha value is -7.74. The van der Waals surface area contributed by atoms with Crippen LogP contribution in [0.3, 0.4) is 0 Å². The highest BCUT2D eigenvalue weighted by molar-refractivity contribution is 5.93. The zero-order chi connectivity index (χ0) is 39.4. The minimum atomic E-state index is 1.08. The summed E-state index contributed by atoms with van der Waals surface area (Å²) in [6, 6.07) is 89.8. The summed E-state index contributed by atoms with van der Waals surface area (Å²) >= 11 is 0. The summed E-state index contributed by atoms with van der Waals surface area (Å²) in [5.74, 6) is 0. The van der Waals surface area contributed by atoms with Crippen molar-refractivity contribution in [3.63, 3.8) is 0 Å². The largest absolute Gasteiger partial charge is 0.310 e.